The highest BCUT2D eigenvalue weighted by atomic mass is 32.2. The normalized spacial score (nSPS) is 9.27. The molecule has 11 heavy (non-hydrogen) atoms. The van der Waals surface area contributed by atoms with Crippen molar-refractivity contribution in [1.82, 2.24) is 8.69 Å². The van der Waals surface area contributed by atoms with Crippen LogP contribution in [-0.4, -0.2) is 14.6 Å². The highest BCUT2D eigenvalue weighted by Gasteiger charge is 2.07. The van der Waals surface area contributed by atoms with Crippen molar-refractivity contribution in [3.63, 3.8) is 0 Å². The third-order valence-electron chi connectivity index (χ3n) is 1.09. The Hall–Kier alpha value is -0.680. The lowest BCUT2D eigenvalue weighted by Gasteiger charge is -2.05. The van der Waals surface area contributed by atoms with Gasteiger partial charge in [-0.05, 0) is 12.1 Å². The first-order valence-electron chi connectivity index (χ1n) is 2.84. The van der Waals surface area contributed by atoms with Crippen LogP contribution in [0.2, 0.25) is 0 Å². The second-order valence-corrected chi connectivity index (χ2v) is 2.95. The van der Waals surface area contributed by atoms with E-state index in [1.807, 2.05) is 0 Å². The van der Waals surface area contributed by atoms with Crippen molar-refractivity contribution in [2.75, 3.05) is 0 Å². The minimum absolute atomic E-state index is 0.287. The van der Waals surface area contributed by atoms with Crippen LogP contribution in [-0.2, 0) is 0 Å². The Labute approximate surface area is 75.5 Å². The van der Waals surface area contributed by atoms with Crippen molar-refractivity contribution in [3.8, 4) is 0 Å². The summed E-state index contributed by atoms with van der Waals surface area (Å²) in [7, 11) is 0. The van der Waals surface area contributed by atoms with E-state index in [0.29, 0.717) is 5.56 Å². The minimum Gasteiger partial charge on any atom is -0.267 e. The number of nitrogens with zero attached hydrogens (tertiary/aromatic N) is 2. The maximum absolute atomic E-state index is 11.1. The van der Waals surface area contributed by atoms with Crippen LogP contribution in [0, 0.1) is 0 Å². The molecule has 0 aromatic carbocycles. The lowest BCUT2D eigenvalue weighted by atomic mass is 10.3. The Morgan fingerprint density at radius 2 is 2.27 bits per heavy atom. The maximum atomic E-state index is 11.1. The molecule has 3 nitrogen and oxygen atoms in total. The molecule has 0 saturated heterocycles. The number of carbonyl (C=O) groups is 1. The molecule has 0 radical (unpaired) electrons. The molecule has 0 unspecified atom stereocenters. The molecule has 0 N–H and O–H groups in total. The highest BCUT2D eigenvalue weighted by molar-refractivity contribution is 7.94. The quantitative estimate of drug-likeness (QED) is 0.646. The van der Waals surface area contributed by atoms with E-state index in [1.165, 1.54) is 6.20 Å². The first-order chi connectivity index (χ1) is 5.22. The molecular formula is C6H6N2OS2. The molecule has 0 fully saturated rings. The van der Waals surface area contributed by atoms with Gasteiger partial charge in [0.2, 0.25) is 0 Å². The highest BCUT2D eigenvalue weighted by Crippen LogP contribution is 2.06. The molecule has 0 spiro atoms. The molecule has 0 saturated carbocycles. The van der Waals surface area contributed by atoms with Crippen molar-refractivity contribution >= 4 is 31.5 Å². The summed E-state index contributed by atoms with van der Waals surface area (Å²) in [6.45, 7) is 0. The van der Waals surface area contributed by atoms with E-state index in [2.05, 4.69) is 30.6 Å². The Balaban J connectivity index is 2.86. The molecular weight excluding hydrogens is 180 g/mol. The van der Waals surface area contributed by atoms with Gasteiger partial charge in [-0.25, -0.2) is 3.71 Å². The van der Waals surface area contributed by atoms with Gasteiger partial charge in [-0.2, -0.15) is 0 Å². The first kappa shape index (κ1) is 8.42. The SMILES string of the molecule is O=C(c1cccnc1)N(S)S. The molecule has 1 aromatic rings. The van der Waals surface area contributed by atoms with E-state index >= 15 is 0 Å². The topological polar surface area (TPSA) is 33.2 Å². The average molecular weight is 186 g/mol. The number of carbonyl (C=O) groups excluding carboxylic acids is 1. The molecule has 1 aromatic heterocycles. The number of hydrogen-bond acceptors (Lipinski definition) is 4. The van der Waals surface area contributed by atoms with Crippen molar-refractivity contribution in [2.24, 2.45) is 0 Å². The molecule has 0 bridgehead atoms. The number of pyridine rings is 1. The summed E-state index contributed by atoms with van der Waals surface area (Å²) < 4.78 is 0.914. The van der Waals surface area contributed by atoms with Crippen LogP contribution >= 0.6 is 25.6 Å². The van der Waals surface area contributed by atoms with E-state index < -0.39 is 0 Å². The Kier molecular flexibility index (Phi) is 2.78. The van der Waals surface area contributed by atoms with Gasteiger partial charge in [-0.1, -0.05) is 25.6 Å². The molecule has 0 aliphatic heterocycles. The van der Waals surface area contributed by atoms with Crippen LogP contribution < -0.4 is 0 Å². The van der Waals surface area contributed by atoms with Gasteiger partial charge in [0, 0.05) is 12.4 Å². The fourth-order valence-electron chi connectivity index (χ4n) is 0.605. The molecule has 58 valence electrons. The zero-order valence-electron chi connectivity index (χ0n) is 5.51. The summed E-state index contributed by atoms with van der Waals surface area (Å²) in [5.74, 6) is -0.287. The average Bonchev–Trinajstić information content (AvgIpc) is 2.05. The lowest BCUT2D eigenvalue weighted by Crippen LogP contribution is -2.11. The molecule has 1 amide bonds. The number of rotatable bonds is 1. The van der Waals surface area contributed by atoms with Gasteiger partial charge in [-0.3, -0.25) is 9.78 Å². The monoisotopic (exact) mass is 186 g/mol. The molecule has 5 heteroatoms. The largest absolute Gasteiger partial charge is 0.275 e. The number of hydrogen-bond donors (Lipinski definition) is 2. The summed E-state index contributed by atoms with van der Waals surface area (Å²) in [5, 5.41) is 0. The molecule has 0 aliphatic rings. The van der Waals surface area contributed by atoms with E-state index in [-0.39, 0.29) is 5.91 Å². The standard InChI is InChI=1S/C6H6N2OS2/c9-6(8(10)11)5-2-1-3-7-4-5/h1-4,10-11H. The molecule has 0 atom stereocenters. The number of thiol groups is 2. The smallest absolute Gasteiger partial charge is 0.267 e. The van der Waals surface area contributed by atoms with Crippen LogP contribution in [0.1, 0.15) is 10.4 Å². The van der Waals surface area contributed by atoms with Crippen LogP contribution in [0.3, 0.4) is 0 Å². The number of amides is 1. The fraction of sp³-hybridized carbons (Fsp3) is 0. The maximum Gasteiger partial charge on any atom is 0.275 e. The van der Waals surface area contributed by atoms with Gasteiger partial charge >= 0.3 is 0 Å². The van der Waals surface area contributed by atoms with Crippen LogP contribution in [0.15, 0.2) is 24.5 Å². The molecule has 1 heterocycles. The van der Waals surface area contributed by atoms with E-state index in [0.717, 1.165) is 3.71 Å². The van der Waals surface area contributed by atoms with Crippen molar-refractivity contribution in [3.05, 3.63) is 30.1 Å². The Bertz CT molecular complexity index is 250. The third kappa shape index (κ3) is 2.13. The molecule has 0 aliphatic carbocycles. The Morgan fingerprint density at radius 3 is 2.73 bits per heavy atom. The van der Waals surface area contributed by atoms with E-state index in [4.69, 9.17) is 0 Å². The first-order valence-corrected chi connectivity index (χ1v) is 3.64. The summed E-state index contributed by atoms with van der Waals surface area (Å²) in [5.41, 5.74) is 0.470. The summed E-state index contributed by atoms with van der Waals surface area (Å²) in [6.07, 6.45) is 3.06. The van der Waals surface area contributed by atoms with Crippen molar-refractivity contribution in [2.45, 2.75) is 0 Å². The Morgan fingerprint density at radius 1 is 1.55 bits per heavy atom. The summed E-state index contributed by atoms with van der Waals surface area (Å²) in [4.78, 5) is 14.9. The predicted molar refractivity (Wildman–Crippen MR) is 48.4 cm³/mol. The fourth-order valence-corrected chi connectivity index (χ4v) is 0.836. The lowest BCUT2D eigenvalue weighted by molar-refractivity contribution is 0.0936. The predicted octanol–water partition coefficient (Wildman–Crippen LogP) is 1.21. The molecule has 1 rings (SSSR count). The van der Waals surface area contributed by atoms with Crippen molar-refractivity contribution < 1.29 is 4.79 Å². The van der Waals surface area contributed by atoms with Crippen LogP contribution in [0.5, 0.6) is 0 Å². The van der Waals surface area contributed by atoms with E-state index in [1.54, 1.807) is 18.3 Å². The minimum atomic E-state index is -0.287. The van der Waals surface area contributed by atoms with Gasteiger partial charge in [0.1, 0.15) is 0 Å². The third-order valence-corrected chi connectivity index (χ3v) is 1.45. The van der Waals surface area contributed by atoms with Crippen LogP contribution in [0.4, 0.5) is 0 Å². The zero-order chi connectivity index (χ0) is 8.27. The summed E-state index contributed by atoms with van der Waals surface area (Å²) >= 11 is 7.45. The number of aromatic nitrogens is 1. The van der Waals surface area contributed by atoms with Gasteiger partial charge in [0.15, 0.2) is 0 Å². The second-order valence-electron chi connectivity index (χ2n) is 1.84. The zero-order valence-corrected chi connectivity index (χ0v) is 7.30. The van der Waals surface area contributed by atoms with Gasteiger partial charge < -0.3 is 0 Å². The van der Waals surface area contributed by atoms with Crippen molar-refractivity contribution in [1.29, 1.82) is 0 Å². The second kappa shape index (κ2) is 3.64. The van der Waals surface area contributed by atoms with E-state index in [9.17, 15) is 4.79 Å². The van der Waals surface area contributed by atoms with Gasteiger partial charge in [-0.15, -0.1) is 0 Å². The van der Waals surface area contributed by atoms with Crippen LogP contribution in [0.25, 0.3) is 0 Å². The van der Waals surface area contributed by atoms with Gasteiger partial charge in [0.25, 0.3) is 5.91 Å². The van der Waals surface area contributed by atoms with Gasteiger partial charge in [0.05, 0.1) is 5.56 Å². The summed E-state index contributed by atoms with van der Waals surface area (Å²) in [6, 6.07) is 3.33.